The molecule has 0 heterocycles. The van der Waals surface area contributed by atoms with E-state index in [1.165, 1.54) is 17.7 Å². The number of hydrogen-bond donors (Lipinski definition) is 0. The molecule has 2 rings (SSSR count). The zero-order valence-electron chi connectivity index (χ0n) is 10.9. The van der Waals surface area contributed by atoms with E-state index in [-0.39, 0.29) is 5.82 Å². The summed E-state index contributed by atoms with van der Waals surface area (Å²) in [6.45, 7) is 4.27. The Morgan fingerprint density at radius 3 is 2.44 bits per heavy atom. The highest BCUT2D eigenvalue weighted by Crippen LogP contribution is 2.33. The fraction of sp³-hybridized carbons (Fsp3) is 0.250. The standard InChI is InChI=1S/C16H17FO/c1-11(2)12-7-8-16(18-3)15(10-12)13-5-4-6-14(17)9-13/h4-11H,1-3H3. The first-order chi connectivity index (χ1) is 8.61. The first-order valence-corrected chi connectivity index (χ1v) is 6.05. The normalized spacial score (nSPS) is 10.7. The summed E-state index contributed by atoms with van der Waals surface area (Å²) in [5.74, 6) is 0.970. The van der Waals surface area contributed by atoms with Crippen molar-refractivity contribution in [1.82, 2.24) is 0 Å². The number of benzene rings is 2. The average Bonchev–Trinajstić information content (AvgIpc) is 2.38. The van der Waals surface area contributed by atoms with E-state index in [1.54, 1.807) is 13.2 Å². The molecule has 2 heteroatoms. The van der Waals surface area contributed by atoms with Crippen molar-refractivity contribution in [2.45, 2.75) is 19.8 Å². The van der Waals surface area contributed by atoms with Gasteiger partial charge in [0.2, 0.25) is 0 Å². The maximum atomic E-state index is 13.3. The third-order valence-corrected chi connectivity index (χ3v) is 3.03. The van der Waals surface area contributed by atoms with Crippen LogP contribution in [0.3, 0.4) is 0 Å². The molecule has 1 nitrogen and oxygen atoms in total. The summed E-state index contributed by atoms with van der Waals surface area (Å²) < 4.78 is 18.7. The Kier molecular flexibility index (Phi) is 3.66. The van der Waals surface area contributed by atoms with E-state index in [4.69, 9.17) is 4.74 Å². The SMILES string of the molecule is COc1ccc(C(C)C)cc1-c1cccc(F)c1. The molecule has 0 saturated carbocycles. The van der Waals surface area contributed by atoms with Crippen molar-refractivity contribution in [1.29, 1.82) is 0 Å². The Morgan fingerprint density at radius 1 is 1.06 bits per heavy atom. The molecule has 0 radical (unpaired) electrons. The lowest BCUT2D eigenvalue weighted by molar-refractivity contribution is 0.416. The van der Waals surface area contributed by atoms with E-state index >= 15 is 0 Å². The molecule has 18 heavy (non-hydrogen) atoms. The van der Waals surface area contributed by atoms with Crippen molar-refractivity contribution >= 4 is 0 Å². The largest absolute Gasteiger partial charge is 0.496 e. The van der Waals surface area contributed by atoms with Crippen molar-refractivity contribution in [2.75, 3.05) is 7.11 Å². The van der Waals surface area contributed by atoms with Gasteiger partial charge in [-0.3, -0.25) is 0 Å². The molecule has 0 spiro atoms. The summed E-state index contributed by atoms with van der Waals surface area (Å²) in [6, 6.07) is 12.6. The highest BCUT2D eigenvalue weighted by molar-refractivity contribution is 5.71. The highest BCUT2D eigenvalue weighted by Gasteiger charge is 2.09. The van der Waals surface area contributed by atoms with Crippen molar-refractivity contribution in [3.05, 3.63) is 53.8 Å². The van der Waals surface area contributed by atoms with Gasteiger partial charge in [-0.2, -0.15) is 0 Å². The topological polar surface area (TPSA) is 9.23 Å². The lowest BCUT2D eigenvalue weighted by Gasteiger charge is -2.13. The van der Waals surface area contributed by atoms with Crippen LogP contribution in [-0.2, 0) is 0 Å². The van der Waals surface area contributed by atoms with E-state index in [0.29, 0.717) is 5.92 Å². The first kappa shape index (κ1) is 12.6. The van der Waals surface area contributed by atoms with Crippen LogP contribution in [0.5, 0.6) is 5.75 Å². The van der Waals surface area contributed by atoms with Crippen LogP contribution in [0.25, 0.3) is 11.1 Å². The van der Waals surface area contributed by atoms with Crippen LogP contribution < -0.4 is 4.74 Å². The molecule has 94 valence electrons. The Labute approximate surface area is 107 Å². The molecule has 0 aliphatic heterocycles. The van der Waals surface area contributed by atoms with Gasteiger partial charge in [0, 0.05) is 5.56 Å². The van der Waals surface area contributed by atoms with Gasteiger partial charge in [0.05, 0.1) is 7.11 Å². The first-order valence-electron chi connectivity index (χ1n) is 6.05. The van der Waals surface area contributed by atoms with E-state index in [2.05, 4.69) is 19.9 Å². The molecule has 0 atom stereocenters. The molecule has 0 bridgehead atoms. The lowest BCUT2D eigenvalue weighted by atomic mass is 9.96. The van der Waals surface area contributed by atoms with Crippen LogP contribution in [0, 0.1) is 5.82 Å². The molecule has 2 aromatic carbocycles. The van der Waals surface area contributed by atoms with Crippen LogP contribution in [0.2, 0.25) is 0 Å². The number of ether oxygens (including phenoxy) is 1. The molecule has 2 aromatic rings. The minimum Gasteiger partial charge on any atom is -0.496 e. The molecule has 0 fully saturated rings. The van der Waals surface area contributed by atoms with Crippen molar-refractivity contribution in [2.24, 2.45) is 0 Å². The highest BCUT2D eigenvalue weighted by atomic mass is 19.1. The Bertz CT molecular complexity index is 547. The second-order valence-electron chi connectivity index (χ2n) is 4.62. The summed E-state index contributed by atoms with van der Waals surface area (Å²) >= 11 is 0. The molecule has 0 amide bonds. The quantitative estimate of drug-likeness (QED) is 0.765. The van der Waals surface area contributed by atoms with Gasteiger partial charge >= 0.3 is 0 Å². The van der Waals surface area contributed by atoms with E-state index in [9.17, 15) is 4.39 Å². The maximum absolute atomic E-state index is 13.3. The van der Waals surface area contributed by atoms with Gasteiger partial charge in [0.25, 0.3) is 0 Å². The minimum absolute atomic E-state index is 0.232. The Hall–Kier alpha value is -1.83. The predicted molar refractivity (Wildman–Crippen MR) is 72.5 cm³/mol. The number of methoxy groups -OCH3 is 1. The average molecular weight is 244 g/mol. The summed E-state index contributed by atoms with van der Waals surface area (Å²) in [6.07, 6.45) is 0. The summed E-state index contributed by atoms with van der Waals surface area (Å²) in [7, 11) is 1.63. The van der Waals surface area contributed by atoms with Crippen molar-refractivity contribution in [3.63, 3.8) is 0 Å². The zero-order chi connectivity index (χ0) is 13.1. The fourth-order valence-electron chi connectivity index (χ4n) is 1.97. The van der Waals surface area contributed by atoms with Crippen LogP contribution in [0.1, 0.15) is 25.3 Å². The molecular formula is C16H17FO. The van der Waals surface area contributed by atoms with Gasteiger partial charge in [-0.05, 0) is 41.3 Å². The van der Waals surface area contributed by atoms with E-state index in [1.807, 2.05) is 18.2 Å². The van der Waals surface area contributed by atoms with Gasteiger partial charge in [0.1, 0.15) is 11.6 Å². The van der Waals surface area contributed by atoms with Crippen LogP contribution >= 0.6 is 0 Å². The minimum atomic E-state index is -0.232. The van der Waals surface area contributed by atoms with Crippen molar-refractivity contribution in [3.8, 4) is 16.9 Å². The Morgan fingerprint density at radius 2 is 1.83 bits per heavy atom. The molecule has 0 N–H and O–H groups in total. The summed E-state index contributed by atoms with van der Waals surface area (Å²) in [5.41, 5.74) is 2.99. The summed E-state index contributed by atoms with van der Waals surface area (Å²) in [4.78, 5) is 0. The van der Waals surface area contributed by atoms with Gasteiger partial charge in [-0.15, -0.1) is 0 Å². The van der Waals surface area contributed by atoms with E-state index in [0.717, 1.165) is 16.9 Å². The summed E-state index contributed by atoms with van der Waals surface area (Å²) in [5, 5.41) is 0. The predicted octanol–water partition coefficient (Wildman–Crippen LogP) is 4.62. The second kappa shape index (κ2) is 5.21. The van der Waals surface area contributed by atoms with Crippen LogP contribution in [0.4, 0.5) is 4.39 Å². The molecule has 0 aliphatic carbocycles. The zero-order valence-corrected chi connectivity index (χ0v) is 10.9. The fourth-order valence-corrected chi connectivity index (χ4v) is 1.97. The molecular weight excluding hydrogens is 227 g/mol. The second-order valence-corrected chi connectivity index (χ2v) is 4.62. The number of halogens is 1. The monoisotopic (exact) mass is 244 g/mol. The Balaban J connectivity index is 2.56. The third-order valence-electron chi connectivity index (χ3n) is 3.03. The van der Waals surface area contributed by atoms with Crippen LogP contribution in [0.15, 0.2) is 42.5 Å². The lowest BCUT2D eigenvalue weighted by Crippen LogP contribution is -1.93. The smallest absolute Gasteiger partial charge is 0.126 e. The van der Waals surface area contributed by atoms with Gasteiger partial charge in [0.15, 0.2) is 0 Å². The van der Waals surface area contributed by atoms with Gasteiger partial charge in [-0.1, -0.05) is 32.0 Å². The van der Waals surface area contributed by atoms with Crippen molar-refractivity contribution < 1.29 is 9.13 Å². The van der Waals surface area contributed by atoms with Gasteiger partial charge < -0.3 is 4.74 Å². The molecule has 0 unspecified atom stereocenters. The van der Waals surface area contributed by atoms with Crippen LogP contribution in [-0.4, -0.2) is 7.11 Å². The van der Waals surface area contributed by atoms with E-state index < -0.39 is 0 Å². The molecule has 0 aromatic heterocycles. The third kappa shape index (κ3) is 2.53. The number of rotatable bonds is 3. The molecule has 0 aliphatic rings. The van der Waals surface area contributed by atoms with Gasteiger partial charge in [-0.25, -0.2) is 4.39 Å². The maximum Gasteiger partial charge on any atom is 0.126 e. The molecule has 0 saturated heterocycles. The number of hydrogen-bond acceptors (Lipinski definition) is 1.